The zero-order chi connectivity index (χ0) is 18.8. The van der Waals surface area contributed by atoms with Crippen LogP contribution in [0.15, 0.2) is 23.0 Å². The van der Waals surface area contributed by atoms with E-state index >= 15 is 0 Å². The Kier molecular flexibility index (Phi) is 4.85. The Balaban J connectivity index is 1.46. The minimum atomic E-state index is -0.373. The largest absolute Gasteiger partial charge is 0.454 e. The second-order valence-electron chi connectivity index (χ2n) is 6.75. The molecule has 1 fully saturated rings. The molecule has 0 spiro atoms. The van der Waals surface area contributed by atoms with Crippen LogP contribution in [0.4, 0.5) is 0 Å². The van der Waals surface area contributed by atoms with E-state index in [4.69, 9.17) is 14.2 Å². The number of hydrogen-bond acceptors (Lipinski definition) is 6. The van der Waals surface area contributed by atoms with E-state index in [1.54, 1.807) is 25.1 Å². The summed E-state index contributed by atoms with van der Waals surface area (Å²) in [6, 6.07) is 5.24. The summed E-state index contributed by atoms with van der Waals surface area (Å²) in [6.07, 6.45) is 2.05. The number of nitrogens with one attached hydrogen (secondary N) is 1. The number of aryl methyl sites for hydroxylation is 1. The first-order valence-electron chi connectivity index (χ1n) is 9.03. The number of fused-ring (bicyclic) bond motifs is 1. The van der Waals surface area contributed by atoms with Crippen molar-refractivity contribution in [3.63, 3.8) is 0 Å². The van der Waals surface area contributed by atoms with Gasteiger partial charge >= 0.3 is 5.69 Å². The average molecular weight is 374 g/mol. The fraction of sp³-hybridized carbons (Fsp3) is 0.500. The Hall–Kier alpha value is -2.81. The molecule has 1 saturated heterocycles. The van der Waals surface area contributed by atoms with Crippen molar-refractivity contribution < 1.29 is 19.0 Å². The number of carbonyl (C=O) groups excluding carboxylic acids is 1. The number of benzene rings is 1. The van der Waals surface area contributed by atoms with Crippen LogP contribution in [0.3, 0.4) is 0 Å². The molecule has 4 rings (SSSR count). The molecule has 0 bridgehead atoms. The van der Waals surface area contributed by atoms with Gasteiger partial charge in [0, 0.05) is 19.2 Å². The minimum Gasteiger partial charge on any atom is -0.454 e. The van der Waals surface area contributed by atoms with Crippen LogP contribution in [0, 0.1) is 12.8 Å². The maximum absolute atomic E-state index is 12.7. The summed E-state index contributed by atoms with van der Waals surface area (Å²) in [5, 5.41) is 7.09. The van der Waals surface area contributed by atoms with Gasteiger partial charge in [-0.2, -0.15) is 5.10 Å². The third-order valence-corrected chi connectivity index (χ3v) is 4.75. The summed E-state index contributed by atoms with van der Waals surface area (Å²) in [7, 11) is 0. The van der Waals surface area contributed by atoms with E-state index in [-0.39, 0.29) is 24.9 Å². The van der Waals surface area contributed by atoms with Gasteiger partial charge in [0.25, 0.3) is 0 Å². The van der Waals surface area contributed by atoms with Crippen molar-refractivity contribution in [3.8, 4) is 17.2 Å². The number of nitrogens with zero attached hydrogens (tertiary/aromatic N) is 3. The zero-order valence-corrected chi connectivity index (χ0v) is 15.1. The van der Waals surface area contributed by atoms with Crippen LogP contribution in [-0.4, -0.2) is 46.8 Å². The predicted molar refractivity (Wildman–Crippen MR) is 95.2 cm³/mol. The standard InChI is InChI=1S/C18H22N4O5/c1-12-20-21(9-17(23)19-8-13-3-2-6-25-10-13)18(24)22(12)14-4-5-15-16(7-14)27-11-26-15/h4-5,7,13H,2-3,6,8-11H2,1H3,(H,19,23)/t13-/m0/s1. The molecule has 1 amide bonds. The zero-order valence-electron chi connectivity index (χ0n) is 15.1. The molecule has 3 heterocycles. The molecule has 9 heteroatoms. The highest BCUT2D eigenvalue weighted by atomic mass is 16.7. The van der Waals surface area contributed by atoms with Crippen molar-refractivity contribution in [2.45, 2.75) is 26.3 Å². The Morgan fingerprint density at radius 2 is 2.19 bits per heavy atom. The van der Waals surface area contributed by atoms with Crippen molar-refractivity contribution in [2.75, 3.05) is 26.6 Å². The quantitative estimate of drug-likeness (QED) is 0.824. The van der Waals surface area contributed by atoms with Crippen LogP contribution in [0.2, 0.25) is 0 Å². The van der Waals surface area contributed by atoms with Crippen molar-refractivity contribution in [1.82, 2.24) is 19.7 Å². The lowest BCUT2D eigenvalue weighted by atomic mass is 10.0. The third-order valence-electron chi connectivity index (χ3n) is 4.75. The van der Waals surface area contributed by atoms with Gasteiger partial charge in [-0.25, -0.2) is 14.0 Å². The Morgan fingerprint density at radius 3 is 3.00 bits per heavy atom. The summed E-state index contributed by atoms with van der Waals surface area (Å²) >= 11 is 0. The summed E-state index contributed by atoms with van der Waals surface area (Å²) in [4.78, 5) is 24.9. The lowest BCUT2D eigenvalue weighted by Gasteiger charge is -2.22. The third kappa shape index (κ3) is 3.68. The van der Waals surface area contributed by atoms with E-state index in [1.807, 2.05) is 0 Å². The number of hydrogen-bond donors (Lipinski definition) is 1. The smallest absolute Gasteiger partial charge is 0.351 e. The SMILES string of the molecule is Cc1nn(CC(=O)NC[C@@H]2CCCOC2)c(=O)n1-c1ccc2c(c1)OCO2. The average Bonchev–Trinajstić information content (AvgIpc) is 3.24. The van der Waals surface area contributed by atoms with E-state index < -0.39 is 0 Å². The van der Waals surface area contributed by atoms with Crippen LogP contribution >= 0.6 is 0 Å². The monoisotopic (exact) mass is 374 g/mol. The molecule has 27 heavy (non-hydrogen) atoms. The Labute approximate surface area is 155 Å². The summed E-state index contributed by atoms with van der Waals surface area (Å²) in [5.74, 6) is 1.81. The molecule has 1 atom stereocenters. The van der Waals surface area contributed by atoms with E-state index in [1.165, 1.54) is 9.25 Å². The molecule has 2 aromatic rings. The Bertz CT molecular complexity index is 898. The van der Waals surface area contributed by atoms with E-state index in [0.29, 0.717) is 42.1 Å². The molecule has 9 nitrogen and oxygen atoms in total. The van der Waals surface area contributed by atoms with Gasteiger partial charge in [0.15, 0.2) is 11.5 Å². The van der Waals surface area contributed by atoms with Crippen LogP contribution in [0.25, 0.3) is 5.69 Å². The maximum atomic E-state index is 12.7. The summed E-state index contributed by atoms with van der Waals surface area (Å²) < 4.78 is 18.7. The van der Waals surface area contributed by atoms with Crippen LogP contribution in [0.1, 0.15) is 18.7 Å². The van der Waals surface area contributed by atoms with Gasteiger partial charge in [0.2, 0.25) is 12.7 Å². The molecule has 1 aromatic carbocycles. The fourth-order valence-electron chi connectivity index (χ4n) is 3.36. The van der Waals surface area contributed by atoms with Crippen molar-refractivity contribution in [3.05, 3.63) is 34.5 Å². The first kappa shape index (κ1) is 17.6. The molecule has 0 saturated carbocycles. The molecule has 2 aliphatic rings. The van der Waals surface area contributed by atoms with Crippen molar-refractivity contribution in [1.29, 1.82) is 0 Å². The second kappa shape index (κ2) is 7.43. The predicted octanol–water partition coefficient (Wildman–Crippen LogP) is 0.614. The molecular formula is C18H22N4O5. The van der Waals surface area contributed by atoms with E-state index in [2.05, 4.69) is 10.4 Å². The number of amides is 1. The number of carbonyl (C=O) groups is 1. The highest BCUT2D eigenvalue weighted by molar-refractivity contribution is 5.75. The number of aromatic nitrogens is 3. The van der Waals surface area contributed by atoms with Gasteiger partial charge < -0.3 is 19.5 Å². The molecule has 0 radical (unpaired) electrons. The van der Waals surface area contributed by atoms with Crippen molar-refractivity contribution in [2.24, 2.45) is 5.92 Å². The Morgan fingerprint density at radius 1 is 1.33 bits per heavy atom. The summed E-state index contributed by atoms with van der Waals surface area (Å²) in [5.41, 5.74) is 0.246. The molecule has 1 N–H and O–H groups in total. The van der Waals surface area contributed by atoms with Crippen molar-refractivity contribution >= 4 is 5.91 Å². The highest BCUT2D eigenvalue weighted by Crippen LogP contribution is 2.33. The van der Waals surface area contributed by atoms with E-state index in [0.717, 1.165) is 19.4 Å². The van der Waals surface area contributed by atoms with Gasteiger partial charge in [-0.1, -0.05) is 0 Å². The van der Waals surface area contributed by atoms with Gasteiger partial charge in [0.1, 0.15) is 12.4 Å². The van der Waals surface area contributed by atoms with Gasteiger partial charge in [-0.05, 0) is 37.8 Å². The highest BCUT2D eigenvalue weighted by Gasteiger charge is 2.19. The van der Waals surface area contributed by atoms with Gasteiger partial charge in [-0.15, -0.1) is 0 Å². The molecule has 144 valence electrons. The first-order chi connectivity index (χ1) is 13.1. The molecule has 1 aromatic heterocycles. The van der Waals surface area contributed by atoms with E-state index in [9.17, 15) is 9.59 Å². The van der Waals surface area contributed by atoms with Crippen LogP contribution in [0.5, 0.6) is 11.5 Å². The lowest BCUT2D eigenvalue weighted by Crippen LogP contribution is -2.37. The number of rotatable bonds is 5. The maximum Gasteiger partial charge on any atom is 0.351 e. The number of ether oxygens (including phenoxy) is 3. The fourth-order valence-corrected chi connectivity index (χ4v) is 3.36. The normalized spacial score (nSPS) is 18.5. The topological polar surface area (TPSA) is 96.6 Å². The molecule has 0 unspecified atom stereocenters. The lowest BCUT2D eigenvalue weighted by molar-refractivity contribution is -0.122. The van der Waals surface area contributed by atoms with Crippen LogP contribution < -0.4 is 20.5 Å². The van der Waals surface area contributed by atoms with Gasteiger partial charge in [0.05, 0.1) is 12.3 Å². The second-order valence-corrected chi connectivity index (χ2v) is 6.75. The molecule has 0 aliphatic carbocycles. The molecule has 2 aliphatic heterocycles. The van der Waals surface area contributed by atoms with Crippen LogP contribution in [-0.2, 0) is 16.1 Å². The first-order valence-corrected chi connectivity index (χ1v) is 9.03. The summed E-state index contributed by atoms with van der Waals surface area (Å²) in [6.45, 7) is 3.77. The molecular weight excluding hydrogens is 352 g/mol. The van der Waals surface area contributed by atoms with Gasteiger partial charge in [-0.3, -0.25) is 4.79 Å². The minimum absolute atomic E-state index is 0.120.